The molecule has 1 fully saturated rings. The lowest BCUT2D eigenvalue weighted by molar-refractivity contribution is -0.121. The zero-order valence-corrected chi connectivity index (χ0v) is 19.3. The average molecular weight is 477 g/mol. The molecule has 34 heavy (non-hydrogen) atoms. The summed E-state index contributed by atoms with van der Waals surface area (Å²) in [7, 11) is 0. The highest BCUT2D eigenvalue weighted by Crippen LogP contribution is 2.29. The first-order valence-corrected chi connectivity index (χ1v) is 12.1. The Kier molecular flexibility index (Phi) is 6.31. The van der Waals surface area contributed by atoms with Crippen LogP contribution in [0.25, 0.3) is 5.65 Å². The summed E-state index contributed by atoms with van der Waals surface area (Å²) in [5, 5.41) is 5.91. The van der Waals surface area contributed by atoms with E-state index in [4.69, 9.17) is 0 Å². The Morgan fingerprint density at radius 3 is 2.65 bits per heavy atom. The highest BCUT2D eigenvalue weighted by molar-refractivity contribution is 8.15. The highest BCUT2D eigenvalue weighted by Gasteiger charge is 2.33. The number of benzene rings is 1. The summed E-state index contributed by atoms with van der Waals surface area (Å²) in [6.45, 7) is 2.14. The molecule has 4 heterocycles. The molecular formula is C24H24N6O3S. The Bertz CT molecular complexity index is 1230. The van der Waals surface area contributed by atoms with E-state index in [9.17, 15) is 14.4 Å². The lowest BCUT2D eigenvalue weighted by Gasteiger charge is -2.16. The molecule has 2 aliphatic heterocycles. The first-order valence-electron chi connectivity index (χ1n) is 11.2. The van der Waals surface area contributed by atoms with E-state index in [0.717, 1.165) is 42.4 Å². The highest BCUT2D eigenvalue weighted by atomic mass is 32.2. The van der Waals surface area contributed by atoms with Crippen molar-refractivity contribution in [3.8, 4) is 0 Å². The number of anilines is 1. The lowest BCUT2D eigenvalue weighted by Crippen LogP contribution is -2.25. The summed E-state index contributed by atoms with van der Waals surface area (Å²) >= 11 is 1.37. The van der Waals surface area contributed by atoms with Gasteiger partial charge in [-0.15, -0.1) is 0 Å². The number of aliphatic imine (C=N–C) groups is 1. The first-order chi connectivity index (χ1) is 16.5. The monoisotopic (exact) mass is 476 g/mol. The summed E-state index contributed by atoms with van der Waals surface area (Å²) in [5.41, 5.74) is 2.63. The molecule has 5 rings (SSSR count). The number of carbonyl (C=O) groups is 3. The fourth-order valence-electron chi connectivity index (χ4n) is 3.98. The van der Waals surface area contributed by atoms with Gasteiger partial charge in [0.25, 0.3) is 11.8 Å². The van der Waals surface area contributed by atoms with Gasteiger partial charge in [0.05, 0.1) is 12.2 Å². The van der Waals surface area contributed by atoms with Crippen molar-refractivity contribution in [1.82, 2.24) is 19.6 Å². The molecule has 3 aromatic rings. The number of rotatable bonds is 6. The molecule has 1 saturated heterocycles. The maximum Gasteiger partial charge on any atom is 0.262 e. The van der Waals surface area contributed by atoms with Crippen molar-refractivity contribution in [3.63, 3.8) is 0 Å². The maximum absolute atomic E-state index is 12.5. The van der Waals surface area contributed by atoms with Crippen LogP contribution in [0.2, 0.25) is 0 Å². The minimum atomic E-state index is -0.486. The smallest absolute Gasteiger partial charge is 0.262 e. The quantitative estimate of drug-likeness (QED) is 0.566. The van der Waals surface area contributed by atoms with Crippen molar-refractivity contribution < 1.29 is 14.4 Å². The number of amidine groups is 1. The standard InChI is InChI=1S/C24H24N6O3S/c31-21(13-19-23(33)28-24(34-19)29-10-3-4-11-29)27-17-8-6-16(7-9-17)22(32)25-14-18-15-30-12-2-1-5-20(30)26-18/h1-2,5-9,12,15,19H,3-4,10-11,13-14H2,(H,25,32)(H,27,31)/t19-/m1/s1. The summed E-state index contributed by atoms with van der Waals surface area (Å²) in [5.74, 6) is -0.734. The molecule has 0 unspecified atom stereocenters. The van der Waals surface area contributed by atoms with Gasteiger partial charge in [-0.3, -0.25) is 14.4 Å². The van der Waals surface area contributed by atoms with Crippen LogP contribution in [0.1, 0.15) is 35.3 Å². The molecule has 2 aromatic heterocycles. The minimum Gasteiger partial charge on any atom is -0.351 e. The zero-order valence-electron chi connectivity index (χ0n) is 18.4. The van der Waals surface area contributed by atoms with E-state index in [-0.39, 0.29) is 24.1 Å². The van der Waals surface area contributed by atoms with E-state index >= 15 is 0 Å². The van der Waals surface area contributed by atoms with Gasteiger partial charge in [-0.25, -0.2) is 4.98 Å². The number of aromatic nitrogens is 2. The summed E-state index contributed by atoms with van der Waals surface area (Å²) in [6, 6.07) is 12.4. The number of thioether (sulfide) groups is 1. The van der Waals surface area contributed by atoms with Crippen molar-refractivity contribution in [2.45, 2.75) is 31.1 Å². The molecule has 3 amide bonds. The number of carbonyl (C=O) groups excluding carboxylic acids is 3. The summed E-state index contributed by atoms with van der Waals surface area (Å²) < 4.78 is 1.90. The SMILES string of the molecule is O=C(C[C@H]1SC(N2CCCC2)=NC1=O)Nc1ccc(C(=O)NCc2cn3ccccc3n2)cc1. The van der Waals surface area contributed by atoms with Crippen molar-refractivity contribution in [2.24, 2.45) is 4.99 Å². The average Bonchev–Trinajstić information content (AvgIpc) is 3.58. The van der Waals surface area contributed by atoms with E-state index in [1.54, 1.807) is 24.3 Å². The first kappa shape index (κ1) is 22.1. The fraction of sp³-hybridized carbons (Fsp3) is 0.292. The number of hydrogen-bond acceptors (Lipinski definition) is 6. The third-order valence-corrected chi connectivity index (χ3v) is 6.96. The van der Waals surface area contributed by atoms with Crippen molar-refractivity contribution >= 4 is 46.0 Å². The van der Waals surface area contributed by atoms with E-state index in [1.165, 1.54) is 11.8 Å². The van der Waals surface area contributed by atoms with Crippen molar-refractivity contribution in [1.29, 1.82) is 0 Å². The third kappa shape index (κ3) is 4.96. The summed E-state index contributed by atoms with van der Waals surface area (Å²) in [6.07, 6.45) is 6.05. The van der Waals surface area contributed by atoms with E-state index in [2.05, 4.69) is 25.5 Å². The van der Waals surface area contributed by atoms with Gasteiger partial charge in [-0.1, -0.05) is 17.8 Å². The van der Waals surface area contributed by atoms with Crippen LogP contribution in [0.3, 0.4) is 0 Å². The van der Waals surface area contributed by atoms with Gasteiger partial charge in [0.1, 0.15) is 10.9 Å². The van der Waals surface area contributed by atoms with E-state index in [0.29, 0.717) is 17.8 Å². The van der Waals surface area contributed by atoms with Crippen LogP contribution < -0.4 is 10.6 Å². The van der Waals surface area contributed by atoms with E-state index in [1.807, 2.05) is 35.0 Å². The van der Waals surface area contributed by atoms with Crippen LogP contribution in [0.15, 0.2) is 59.9 Å². The molecule has 0 radical (unpaired) electrons. The molecule has 0 saturated carbocycles. The van der Waals surface area contributed by atoms with Crippen molar-refractivity contribution in [3.05, 3.63) is 66.1 Å². The molecule has 9 nitrogen and oxygen atoms in total. The van der Waals surface area contributed by atoms with Crippen LogP contribution in [0.4, 0.5) is 5.69 Å². The van der Waals surface area contributed by atoms with Crippen LogP contribution >= 0.6 is 11.8 Å². The van der Waals surface area contributed by atoms with Gasteiger partial charge in [-0.05, 0) is 49.2 Å². The van der Waals surface area contributed by atoms with E-state index < -0.39 is 5.25 Å². The molecule has 1 atom stereocenters. The molecule has 174 valence electrons. The number of hydrogen-bond donors (Lipinski definition) is 2. The second-order valence-corrected chi connectivity index (χ2v) is 9.41. The fourth-order valence-corrected chi connectivity index (χ4v) is 5.10. The van der Waals surface area contributed by atoms with Gasteiger partial charge in [-0.2, -0.15) is 4.99 Å². The van der Waals surface area contributed by atoms with Crippen LogP contribution in [-0.4, -0.2) is 55.5 Å². The molecule has 0 bridgehead atoms. The Morgan fingerprint density at radius 2 is 1.88 bits per heavy atom. The van der Waals surface area contributed by atoms with Crippen LogP contribution in [-0.2, 0) is 16.1 Å². The topological polar surface area (TPSA) is 108 Å². The van der Waals surface area contributed by atoms with Gasteiger partial charge in [0, 0.05) is 43.2 Å². The number of pyridine rings is 1. The molecule has 10 heteroatoms. The summed E-state index contributed by atoms with van der Waals surface area (Å²) in [4.78, 5) is 47.9. The van der Waals surface area contributed by atoms with Crippen LogP contribution in [0.5, 0.6) is 0 Å². The second-order valence-electron chi connectivity index (χ2n) is 8.24. The predicted molar refractivity (Wildman–Crippen MR) is 131 cm³/mol. The molecule has 0 spiro atoms. The maximum atomic E-state index is 12.5. The molecule has 1 aromatic carbocycles. The second kappa shape index (κ2) is 9.68. The van der Waals surface area contributed by atoms with Gasteiger partial charge in [0.15, 0.2) is 5.17 Å². The number of likely N-dealkylation sites (tertiary alicyclic amines) is 1. The molecular weight excluding hydrogens is 452 g/mol. The lowest BCUT2D eigenvalue weighted by atomic mass is 10.2. The van der Waals surface area contributed by atoms with Gasteiger partial charge < -0.3 is 19.9 Å². The Labute approximate surface area is 200 Å². The largest absolute Gasteiger partial charge is 0.351 e. The predicted octanol–water partition coefficient (Wildman–Crippen LogP) is 2.69. The van der Waals surface area contributed by atoms with Gasteiger partial charge >= 0.3 is 0 Å². The number of nitrogens with one attached hydrogen (secondary N) is 2. The Hall–Kier alpha value is -3.66. The minimum absolute atomic E-state index is 0.0611. The number of nitrogens with zero attached hydrogens (tertiary/aromatic N) is 4. The Balaban J connectivity index is 1.11. The van der Waals surface area contributed by atoms with Gasteiger partial charge in [0.2, 0.25) is 5.91 Å². The zero-order chi connectivity index (χ0) is 23.5. The third-order valence-electron chi connectivity index (χ3n) is 5.75. The Morgan fingerprint density at radius 1 is 1.09 bits per heavy atom. The van der Waals surface area contributed by atoms with Crippen LogP contribution in [0, 0.1) is 0 Å². The molecule has 2 aliphatic rings. The number of imidazole rings is 1. The van der Waals surface area contributed by atoms with Crippen molar-refractivity contribution in [2.75, 3.05) is 18.4 Å². The molecule has 0 aliphatic carbocycles. The normalized spacial score (nSPS) is 17.8. The number of amides is 3. The molecule has 2 N–H and O–H groups in total. The number of fused-ring (bicyclic) bond motifs is 1.